The van der Waals surface area contributed by atoms with Gasteiger partial charge in [-0.15, -0.1) is 0 Å². The van der Waals surface area contributed by atoms with Crippen LogP contribution in [0.2, 0.25) is 10.2 Å². The SMILES string of the molecule is O=Cc1cc(Cl)c(Cl)nc1-c1ccccc1. The van der Waals surface area contributed by atoms with Gasteiger partial charge in [-0.05, 0) is 6.07 Å². The Labute approximate surface area is 103 Å². The maximum absolute atomic E-state index is 10.9. The van der Waals surface area contributed by atoms with E-state index in [2.05, 4.69) is 4.98 Å². The molecule has 0 saturated carbocycles. The Balaban J connectivity index is 2.65. The van der Waals surface area contributed by atoms with Gasteiger partial charge in [0, 0.05) is 11.1 Å². The fourth-order valence-corrected chi connectivity index (χ4v) is 1.70. The molecule has 1 aromatic carbocycles. The van der Waals surface area contributed by atoms with E-state index in [1.165, 1.54) is 6.07 Å². The van der Waals surface area contributed by atoms with Gasteiger partial charge in [0.25, 0.3) is 0 Å². The zero-order chi connectivity index (χ0) is 11.5. The molecule has 1 heterocycles. The number of carbonyl (C=O) groups excluding carboxylic acids is 1. The molecule has 4 heteroatoms. The van der Waals surface area contributed by atoms with Crippen LogP contribution in [-0.4, -0.2) is 11.3 Å². The summed E-state index contributed by atoms with van der Waals surface area (Å²) in [6.07, 6.45) is 0.720. The van der Waals surface area contributed by atoms with Gasteiger partial charge in [-0.2, -0.15) is 0 Å². The van der Waals surface area contributed by atoms with E-state index in [9.17, 15) is 4.79 Å². The zero-order valence-electron chi connectivity index (χ0n) is 8.15. The first-order chi connectivity index (χ1) is 7.72. The predicted molar refractivity (Wildman–Crippen MR) is 65.1 cm³/mol. The van der Waals surface area contributed by atoms with Crippen LogP contribution < -0.4 is 0 Å². The van der Waals surface area contributed by atoms with Crippen LogP contribution >= 0.6 is 23.2 Å². The van der Waals surface area contributed by atoms with E-state index in [-0.39, 0.29) is 10.2 Å². The second-order valence-corrected chi connectivity index (χ2v) is 3.95. The molecule has 0 radical (unpaired) electrons. The molecule has 2 nitrogen and oxygen atoms in total. The van der Waals surface area contributed by atoms with Gasteiger partial charge < -0.3 is 0 Å². The molecule has 0 aliphatic heterocycles. The summed E-state index contributed by atoms with van der Waals surface area (Å²) in [5.74, 6) is 0. The van der Waals surface area contributed by atoms with Crippen LogP contribution in [0.15, 0.2) is 36.4 Å². The van der Waals surface area contributed by atoms with E-state index in [4.69, 9.17) is 23.2 Å². The molecule has 0 aliphatic rings. The average molecular weight is 252 g/mol. The van der Waals surface area contributed by atoms with Crippen molar-refractivity contribution >= 4 is 29.5 Å². The summed E-state index contributed by atoms with van der Waals surface area (Å²) >= 11 is 11.6. The van der Waals surface area contributed by atoms with Gasteiger partial charge >= 0.3 is 0 Å². The summed E-state index contributed by atoms with van der Waals surface area (Å²) in [4.78, 5) is 15.0. The molecular formula is C12H7Cl2NO. The Bertz CT molecular complexity index is 526. The summed E-state index contributed by atoms with van der Waals surface area (Å²) < 4.78 is 0. The first-order valence-corrected chi connectivity index (χ1v) is 5.34. The second-order valence-electron chi connectivity index (χ2n) is 3.18. The number of pyridine rings is 1. The molecule has 1 aromatic heterocycles. The van der Waals surface area contributed by atoms with Crippen molar-refractivity contribution in [3.05, 3.63) is 52.1 Å². The molecule has 80 valence electrons. The van der Waals surface area contributed by atoms with Crippen LogP contribution in [0.3, 0.4) is 0 Å². The Kier molecular flexibility index (Phi) is 3.22. The molecule has 0 spiro atoms. The molecule has 0 saturated heterocycles. The van der Waals surface area contributed by atoms with Crippen LogP contribution in [0.1, 0.15) is 10.4 Å². The lowest BCUT2D eigenvalue weighted by atomic mass is 10.1. The quantitative estimate of drug-likeness (QED) is 0.599. The van der Waals surface area contributed by atoms with Gasteiger partial charge in [-0.1, -0.05) is 53.5 Å². The van der Waals surface area contributed by atoms with E-state index < -0.39 is 0 Å². The normalized spacial score (nSPS) is 10.1. The standard InChI is InChI=1S/C12H7Cl2NO/c13-10-6-9(7-16)11(15-12(10)14)8-4-2-1-3-5-8/h1-7H. The number of nitrogens with zero attached hydrogens (tertiary/aromatic N) is 1. The van der Waals surface area contributed by atoms with Gasteiger partial charge in [0.05, 0.1) is 10.7 Å². The first-order valence-electron chi connectivity index (χ1n) is 4.59. The molecule has 2 aromatic rings. The fourth-order valence-electron chi connectivity index (χ4n) is 1.40. The number of rotatable bonds is 2. The lowest BCUT2D eigenvalue weighted by Crippen LogP contribution is -1.93. The second kappa shape index (κ2) is 4.64. The summed E-state index contributed by atoms with van der Waals surface area (Å²) in [6.45, 7) is 0. The molecule has 0 unspecified atom stereocenters. The minimum Gasteiger partial charge on any atom is -0.298 e. The summed E-state index contributed by atoms with van der Waals surface area (Å²) in [5.41, 5.74) is 1.81. The third kappa shape index (κ3) is 2.08. The lowest BCUT2D eigenvalue weighted by molar-refractivity contribution is 0.112. The molecule has 0 aliphatic carbocycles. The van der Waals surface area contributed by atoms with Gasteiger partial charge in [0.15, 0.2) is 6.29 Å². The van der Waals surface area contributed by atoms with E-state index in [1.54, 1.807) is 0 Å². The highest BCUT2D eigenvalue weighted by Gasteiger charge is 2.10. The smallest absolute Gasteiger partial charge is 0.152 e. The van der Waals surface area contributed by atoms with Crippen molar-refractivity contribution < 1.29 is 4.79 Å². The molecule has 0 bridgehead atoms. The lowest BCUT2D eigenvalue weighted by Gasteiger charge is -2.05. The van der Waals surface area contributed by atoms with Gasteiger partial charge in [0.2, 0.25) is 0 Å². The van der Waals surface area contributed by atoms with Crippen molar-refractivity contribution in [1.29, 1.82) is 0 Å². The van der Waals surface area contributed by atoms with E-state index in [0.717, 1.165) is 11.8 Å². The third-order valence-corrected chi connectivity index (χ3v) is 2.81. The molecule has 0 fully saturated rings. The molecule has 0 amide bonds. The first kappa shape index (κ1) is 11.1. The summed E-state index contributed by atoms with van der Waals surface area (Å²) in [7, 11) is 0. The number of halogens is 2. The number of benzene rings is 1. The maximum Gasteiger partial charge on any atom is 0.152 e. The number of hydrogen-bond acceptors (Lipinski definition) is 2. The van der Waals surface area contributed by atoms with Crippen molar-refractivity contribution in [2.45, 2.75) is 0 Å². The van der Waals surface area contributed by atoms with Crippen LogP contribution in [0, 0.1) is 0 Å². The van der Waals surface area contributed by atoms with Crippen molar-refractivity contribution in [3.8, 4) is 11.3 Å². The predicted octanol–water partition coefficient (Wildman–Crippen LogP) is 3.87. The number of hydrogen-bond donors (Lipinski definition) is 0. The molecule has 0 N–H and O–H groups in total. The van der Waals surface area contributed by atoms with E-state index in [0.29, 0.717) is 11.3 Å². The fraction of sp³-hybridized carbons (Fsp3) is 0. The molecular weight excluding hydrogens is 245 g/mol. The van der Waals surface area contributed by atoms with Crippen LogP contribution in [0.5, 0.6) is 0 Å². The topological polar surface area (TPSA) is 30.0 Å². The van der Waals surface area contributed by atoms with Crippen LogP contribution in [0.25, 0.3) is 11.3 Å². The molecule has 16 heavy (non-hydrogen) atoms. The largest absolute Gasteiger partial charge is 0.298 e. The Morgan fingerprint density at radius 2 is 1.81 bits per heavy atom. The van der Waals surface area contributed by atoms with Crippen molar-refractivity contribution in [2.75, 3.05) is 0 Å². The number of aldehydes is 1. The molecule has 2 rings (SSSR count). The monoisotopic (exact) mass is 251 g/mol. The van der Waals surface area contributed by atoms with Crippen molar-refractivity contribution in [1.82, 2.24) is 4.98 Å². The van der Waals surface area contributed by atoms with Gasteiger partial charge in [-0.25, -0.2) is 4.98 Å². The number of aromatic nitrogens is 1. The van der Waals surface area contributed by atoms with Gasteiger partial charge in [0.1, 0.15) is 5.15 Å². The third-order valence-electron chi connectivity index (χ3n) is 2.14. The Hall–Kier alpha value is -1.38. The van der Waals surface area contributed by atoms with Crippen molar-refractivity contribution in [3.63, 3.8) is 0 Å². The van der Waals surface area contributed by atoms with E-state index in [1.807, 2.05) is 30.3 Å². The van der Waals surface area contributed by atoms with E-state index >= 15 is 0 Å². The minimum absolute atomic E-state index is 0.200. The summed E-state index contributed by atoms with van der Waals surface area (Å²) in [6, 6.07) is 10.9. The highest BCUT2D eigenvalue weighted by atomic mass is 35.5. The average Bonchev–Trinajstić information content (AvgIpc) is 2.33. The van der Waals surface area contributed by atoms with Crippen LogP contribution in [-0.2, 0) is 0 Å². The van der Waals surface area contributed by atoms with Gasteiger partial charge in [-0.3, -0.25) is 4.79 Å². The Morgan fingerprint density at radius 1 is 1.12 bits per heavy atom. The zero-order valence-corrected chi connectivity index (χ0v) is 9.66. The summed E-state index contributed by atoms with van der Waals surface area (Å²) in [5, 5.41) is 0.481. The number of carbonyl (C=O) groups is 1. The molecule has 0 atom stereocenters. The maximum atomic E-state index is 10.9. The Morgan fingerprint density at radius 3 is 2.44 bits per heavy atom. The van der Waals surface area contributed by atoms with Crippen LogP contribution in [0.4, 0.5) is 0 Å². The highest BCUT2D eigenvalue weighted by molar-refractivity contribution is 6.41. The minimum atomic E-state index is 0.200. The highest BCUT2D eigenvalue weighted by Crippen LogP contribution is 2.27. The van der Waals surface area contributed by atoms with Crippen molar-refractivity contribution in [2.24, 2.45) is 0 Å².